The highest BCUT2D eigenvalue weighted by atomic mass is 16.3. The van der Waals surface area contributed by atoms with Crippen LogP contribution in [0.5, 0.6) is 5.75 Å². The van der Waals surface area contributed by atoms with E-state index in [1.165, 1.54) is 0 Å². The fourth-order valence-corrected chi connectivity index (χ4v) is 5.26. The molecule has 2 aromatic carbocycles. The summed E-state index contributed by atoms with van der Waals surface area (Å²) in [4.78, 5) is 5.39. The van der Waals surface area contributed by atoms with Gasteiger partial charge in [0.05, 0.1) is 5.71 Å². The Kier molecular flexibility index (Phi) is 6.13. The number of rotatable bonds is 5. The van der Waals surface area contributed by atoms with Gasteiger partial charge < -0.3 is 25.7 Å². The average molecular weight is 458 g/mol. The van der Waals surface area contributed by atoms with Crippen molar-refractivity contribution in [2.45, 2.75) is 57.7 Å². The molecule has 178 valence electrons. The lowest BCUT2D eigenvalue weighted by molar-refractivity contribution is 0.114. The number of H-pyrrole nitrogens is 1. The van der Waals surface area contributed by atoms with Gasteiger partial charge >= 0.3 is 0 Å². The van der Waals surface area contributed by atoms with Crippen LogP contribution in [-0.2, 0) is 0 Å². The molecule has 6 heteroatoms. The maximum atomic E-state index is 10.4. The third kappa shape index (κ3) is 5.07. The molecule has 4 rings (SSSR count). The Morgan fingerprint density at radius 3 is 2.35 bits per heavy atom. The van der Waals surface area contributed by atoms with E-state index in [1.54, 1.807) is 18.2 Å². The van der Waals surface area contributed by atoms with Crippen molar-refractivity contribution in [1.82, 2.24) is 15.2 Å². The summed E-state index contributed by atoms with van der Waals surface area (Å²) in [6, 6.07) is 15.6. The van der Waals surface area contributed by atoms with Crippen LogP contribution in [0.1, 0.15) is 46.1 Å². The van der Waals surface area contributed by atoms with E-state index in [9.17, 15) is 5.11 Å². The summed E-state index contributed by atoms with van der Waals surface area (Å²) >= 11 is 0. The first-order chi connectivity index (χ1) is 15.9. The van der Waals surface area contributed by atoms with Crippen LogP contribution in [0.2, 0.25) is 0 Å². The molecule has 1 fully saturated rings. The van der Waals surface area contributed by atoms with E-state index in [0.717, 1.165) is 35.0 Å². The summed E-state index contributed by atoms with van der Waals surface area (Å²) in [5.74, 6) is 0.408. The van der Waals surface area contributed by atoms with Crippen LogP contribution in [0.25, 0.3) is 22.2 Å². The number of aromatic amines is 1. The number of phenols is 1. The number of likely N-dealkylation sites (N-methyl/N-ethyl adjacent to an activating group) is 1. The van der Waals surface area contributed by atoms with Crippen molar-refractivity contribution in [3.05, 3.63) is 66.2 Å². The molecule has 1 aliphatic heterocycles. The molecule has 1 saturated heterocycles. The van der Waals surface area contributed by atoms with Crippen molar-refractivity contribution in [3.8, 4) is 17.0 Å². The van der Waals surface area contributed by atoms with Gasteiger partial charge in [-0.25, -0.2) is 0 Å². The largest absolute Gasteiger partial charge is 0.507 e. The Bertz CT molecular complexity index is 1220. The number of aromatic hydroxyl groups is 1. The molecule has 34 heavy (non-hydrogen) atoms. The summed E-state index contributed by atoms with van der Waals surface area (Å²) in [7, 11) is 1.95. The molecule has 2 heterocycles. The molecule has 5 N–H and O–H groups in total. The van der Waals surface area contributed by atoms with Gasteiger partial charge in [0.25, 0.3) is 0 Å². The third-order valence-electron chi connectivity index (χ3n) is 6.63. The van der Waals surface area contributed by atoms with Crippen molar-refractivity contribution >= 4 is 22.5 Å². The monoisotopic (exact) mass is 457 g/mol. The Labute approximate surface area is 201 Å². The maximum absolute atomic E-state index is 10.4. The maximum Gasteiger partial charge on any atom is 0.124 e. The van der Waals surface area contributed by atoms with Crippen molar-refractivity contribution in [3.63, 3.8) is 0 Å². The van der Waals surface area contributed by atoms with E-state index in [4.69, 9.17) is 10.8 Å². The molecule has 6 nitrogen and oxygen atoms in total. The molecule has 0 aliphatic carbocycles. The van der Waals surface area contributed by atoms with E-state index in [-0.39, 0.29) is 28.6 Å². The quantitative estimate of drug-likeness (QED) is 0.252. The standard InChI is InChI=1S/C28H35N5O/c1-27(2)16-20(17-28(3,4)32-27)33(5)26(30)13-11-22(29)21-14-19(10-12-25(21)34)24-15-18-8-6-7-9-23(18)31-24/h6-15,20,29-32,34H,16-17H2,1-5H3/b13-11-,29-22?,30-26?. The van der Waals surface area contributed by atoms with Gasteiger partial charge in [-0.3, -0.25) is 5.41 Å². The lowest BCUT2D eigenvalue weighted by Crippen LogP contribution is -2.62. The van der Waals surface area contributed by atoms with Crippen LogP contribution in [0, 0.1) is 10.8 Å². The number of benzene rings is 2. The minimum Gasteiger partial charge on any atom is -0.507 e. The number of nitrogens with one attached hydrogen (secondary N) is 4. The average Bonchev–Trinajstić information content (AvgIpc) is 3.19. The molecular formula is C28H35N5O. The second-order valence-electron chi connectivity index (χ2n) is 10.7. The molecule has 0 unspecified atom stereocenters. The van der Waals surface area contributed by atoms with Crippen molar-refractivity contribution < 1.29 is 5.11 Å². The number of hydrogen-bond acceptors (Lipinski definition) is 4. The molecule has 1 aliphatic rings. The highest BCUT2D eigenvalue weighted by molar-refractivity contribution is 6.11. The molecule has 0 spiro atoms. The summed E-state index contributed by atoms with van der Waals surface area (Å²) in [6.45, 7) is 8.80. The number of allylic oxidation sites excluding steroid dienone is 1. The molecule has 0 saturated carbocycles. The molecule has 0 bridgehead atoms. The Hall–Kier alpha value is -3.38. The normalized spacial score (nSPS) is 17.8. The van der Waals surface area contributed by atoms with Gasteiger partial charge in [-0.15, -0.1) is 0 Å². The first-order valence-corrected chi connectivity index (χ1v) is 11.7. The first kappa shape index (κ1) is 23.8. The number of aromatic nitrogens is 1. The minimum absolute atomic E-state index is 0.00771. The lowest BCUT2D eigenvalue weighted by Gasteiger charge is -2.49. The predicted molar refractivity (Wildman–Crippen MR) is 141 cm³/mol. The van der Waals surface area contributed by atoms with Gasteiger partial charge in [0.2, 0.25) is 0 Å². The molecule has 0 radical (unpaired) electrons. The minimum atomic E-state index is -0.00771. The number of para-hydroxylation sites is 1. The summed E-state index contributed by atoms with van der Waals surface area (Å²) < 4.78 is 0. The van der Waals surface area contributed by atoms with Gasteiger partial charge in [-0.2, -0.15) is 0 Å². The van der Waals surface area contributed by atoms with Gasteiger partial charge in [0.1, 0.15) is 11.6 Å². The zero-order valence-corrected chi connectivity index (χ0v) is 20.7. The van der Waals surface area contributed by atoms with Crippen molar-refractivity contribution in [2.75, 3.05) is 7.05 Å². The van der Waals surface area contributed by atoms with Crippen molar-refractivity contribution in [1.29, 1.82) is 10.8 Å². The highest BCUT2D eigenvalue weighted by Crippen LogP contribution is 2.32. The SMILES string of the molecule is CN(C(=N)/C=C\C(=N)c1cc(-c2cc3ccccc3[nH]2)ccc1O)C1CC(C)(C)NC(C)(C)C1. The van der Waals surface area contributed by atoms with Crippen LogP contribution >= 0.6 is 0 Å². The smallest absolute Gasteiger partial charge is 0.124 e. The number of piperidine rings is 1. The second-order valence-corrected chi connectivity index (χ2v) is 10.7. The third-order valence-corrected chi connectivity index (χ3v) is 6.63. The predicted octanol–water partition coefficient (Wildman–Crippen LogP) is 5.68. The molecule has 3 aromatic rings. The molecular weight excluding hydrogens is 422 g/mol. The second kappa shape index (κ2) is 8.76. The van der Waals surface area contributed by atoms with Crippen LogP contribution in [0.4, 0.5) is 0 Å². The molecule has 0 atom stereocenters. The van der Waals surface area contributed by atoms with E-state index < -0.39 is 0 Å². The summed E-state index contributed by atoms with van der Waals surface area (Å²) in [5, 5.41) is 32.4. The van der Waals surface area contributed by atoms with Crippen LogP contribution in [0.3, 0.4) is 0 Å². The van der Waals surface area contributed by atoms with E-state index >= 15 is 0 Å². The number of phenolic OH excluding ortho intramolecular Hbond substituents is 1. The number of fused-ring (bicyclic) bond motifs is 1. The molecule has 0 amide bonds. The molecule has 1 aromatic heterocycles. The van der Waals surface area contributed by atoms with E-state index in [1.807, 2.05) is 48.3 Å². The first-order valence-electron chi connectivity index (χ1n) is 11.7. The Morgan fingerprint density at radius 1 is 1.00 bits per heavy atom. The fraction of sp³-hybridized carbons (Fsp3) is 0.357. The van der Waals surface area contributed by atoms with Gasteiger partial charge in [0.15, 0.2) is 0 Å². The lowest BCUT2D eigenvalue weighted by atomic mass is 9.79. The van der Waals surface area contributed by atoms with Gasteiger partial charge in [-0.1, -0.05) is 18.2 Å². The van der Waals surface area contributed by atoms with Gasteiger partial charge in [-0.05, 0) is 88.6 Å². The number of amidine groups is 1. The van der Waals surface area contributed by atoms with E-state index in [2.05, 4.69) is 44.1 Å². The van der Waals surface area contributed by atoms with Crippen LogP contribution < -0.4 is 5.32 Å². The number of nitrogens with zero attached hydrogens (tertiary/aromatic N) is 1. The zero-order chi connectivity index (χ0) is 24.7. The fourth-order valence-electron chi connectivity index (χ4n) is 5.26. The highest BCUT2D eigenvalue weighted by Gasteiger charge is 2.39. The van der Waals surface area contributed by atoms with E-state index in [0.29, 0.717) is 11.4 Å². The van der Waals surface area contributed by atoms with Crippen molar-refractivity contribution in [2.24, 2.45) is 0 Å². The summed E-state index contributed by atoms with van der Waals surface area (Å²) in [6.07, 6.45) is 5.13. The topological polar surface area (TPSA) is 99.0 Å². The number of hydrogen-bond donors (Lipinski definition) is 5. The van der Waals surface area contributed by atoms with Crippen LogP contribution in [0.15, 0.2) is 60.7 Å². The van der Waals surface area contributed by atoms with Crippen LogP contribution in [-0.4, -0.2) is 50.7 Å². The zero-order valence-electron chi connectivity index (χ0n) is 20.7. The summed E-state index contributed by atoms with van der Waals surface area (Å²) in [5.41, 5.74) is 3.46. The van der Waals surface area contributed by atoms with Gasteiger partial charge in [0, 0.05) is 46.3 Å². The Morgan fingerprint density at radius 2 is 1.68 bits per heavy atom. The Balaban J connectivity index is 1.51.